The SMILES string of the molecule is CC#C/C(C)=N\OC[C@H]1COCCN1. The molecule has 4 heteroatoms. The second kappa shape index (κ2) is 6.41. The van der Waals surface area contributed by atoms with E-state index in [0.717, 1.165) is 13.2 Å². The van der Waals surface area contributed by atoms with Crippen LogP contribution in [0.3, 0.4) is 0 Å². The van der Waals surface area contributed by atoms with Crippen LogP contribution in [0.2, 0.25) is 0 Å². The molecule has 0 aromatic heterocycles. The molecule has 1 aliphatic rings. The maximum atomic E-state index is 5.27. The normalized spacial score (nSPS) is 22.4. The van der Waals surface area contributed by atoms with Gasteiger partial charge in [0.2, 0.25) is 0 Å². The fourth-order valence-corrected chi connectivity index (χ4v) is 1.15. The van der Waals surface area contributed by atoms with Crippen molar-refractivity contribution in [1.82, 2.24) is 5.32 Å². The summed E-state index contributed by atoms with van der Waals surface area (Å²) in [4.78, 5) is 5.13. The number of nitrogens with zero attached hydrogens (tertiary/aromatic N) is 1. The monoisotopic (exact) mass is 196 g/mol. The van der Waals surface area contributed by atoms with Crippen LogP contribution in [0.5, 0.6) is 0 Å². The molecule has 1 N–H and O–H groups in total. The van der Waals surface area contributed by atoms with E-state index in [2.05, 4.69) is 22.3 Å². The topological polar surface area (TPSA) is 42.9 Å². The Kier molecular flexibility index (Phi) is 5.05. The number of ether oxygens (including phenoxy) is 1. The van der Waals surface area contributed by atoms with Crippen LogP contribution in [0.15, 0.2) is 5.16 Å². The Labute approximate surface area is 84.6 Å². The van der Waals surface area contributed by atoms with E-state index in [0.29, 0.717) is 18.9 Å². The molecule has 78 valence electrons. The first-order valence-electron chi connectivity index (χ1n) is 4.73. The van der Waals surface area contributed by atoms with Crippen molar-refractivity contribution in [2.24, 2.45) is 5.16 Å². The van der Waals surface area contributed by atoms with Gasteiger partial charge in [0.15, 0.2) is 0 Å². The van der Waals surface area contributed by atoms with Crippen molar-refractivity contribution >= 4 is 5.71 Å². The zero-order chi connectivity index (χ0) is 10.2. The minimum absolute atomic E-state index is 0.245. The van der Waals surface area contributed by atoms with Gasteiger partial charge in [-0.1, -0.05) is 11.1 Å². The Balaban J connectivity index is 2.18. The molecule has 1 fully saturated rings. The van der Waals surface area contributed by atoms with Gasteiger partial charge in [-0.15, -0.1) is 0 Å². The van der Waals surface area contributed by atoms with Gasteiger partial charge in [0, 0.05) is 6.54 Å². The van der Waals surface area contributed by atoms with Crippen LogP contribution < -0.4 is 5.32 Å². The van der Waals surface area contributed by atoms with Crippen molar-refractivity contribution in [2.45, 2.75) is 19.9 Å². The standard InChI is InChI=1S/C10H16N2O2/c1-3-4-9(2)12-14-8-10-7-13-6-5-11-10/h10-11H,5-8H2,1-2H3/b12-9-/t10-/m1/s1. The Morgan fingerprint density at radius 2 is 2.57 bits per heavy atom. The third-order valence-corrected chi connectivity index (χ3v) is 1.78. The van der Waals surface area contributed by atoms with Crippen molar-refractivity contribution in [3.8, 4) is 11.8 Å². The maximum Gasteiger partial charge on any atom is 0.134 e. The molecule has 0 unspecified atom stereocenters. The molecule has 0 bridgehead atoms. The van der Waals surface area contributed by atoms with Crippen LogP contribution in [0, 0.1) is 11.8 Å². The molecule has 1 aliphatic heterocycles. The van der Waals surface area contributed by atoms with Gasteiger partial charge in [-0.25, -0.2) is 0 Å². The van der Waals surface area contributed by atoms with Crippen molar-refractivity contribution in [1.29, 1.82) is 0 Å². The van der Waals surface area contributed by atoms with Crippen molar-refractivity contribution in [2.75, 3.05) is 26.4 Å². The zero-order valence-corrected chi connectivity index (χ0v) is 8.67. The lowest BCUT2D eigenvalue weighted by Gasteiger charge is -2.22. The molecule has 1 saturated heterocycles. The molecule has 0 aromatic rings. The lowest BCUT2D eigenvalue weighted by Crippen LogP contribution is -2.43. The molecule has 14 heavy (non-hydrogen) atoms. The van der Waals surface area contributed by atoms with Gasteiger partial charge >= 0.3 is 0 Å². The molecule has 0 amide bonds. The van der Waals surface area contributed by atoms with E-state index >= 15 is 0 Å². The average molecular weight is 196 g/mol. The summed E-state index contributed by atoms with van der Waals surface area (Å²) in [6.45, 7) is 6.47. The summed E-state index contributed by atoms with van der Waals surface area (Å²) in [6.07, 6.45) is 0. The van der Waals surface area contributed by atoms with Crippen LogP contribution in [0.25, 0.3) is 0 Å². The number of morpholine rings is 1. The van der Waals surface area contributed by atoms with Crippen molar-refractivity contribution in [3.63, 3.8) is 0 Å². The van der Waals surface area contributed by atoms with Crippen LogP contribution in [0.1, 0.15) is 13.8 Å². The lowest BCUT2D eigenvalue weighted by molar-refractivity contribution is 0.0311. The summed E-state index contributed by atoms with van der Waals surface area (Å²) in [5.41, 5.74) is 0.698. The van der Waals surface area contributed by atoms with Gasteiger partial charge in [0.25, 0.3) is 0 Å². The maximum absolute atomic E-state index is 5.27. The van der Waals surface area contributed by atoms with E-state index in [1.807, 2.05) is 6.92 Å². The highest BCUT2D eigenvalue weighted by Crippen LogP contribution is 1.94. The van der Waals surface area contributed by atoms with Gasteiger partial charge in [-0.05, 0) is 19.8 Å². The molecule has 0 aromatic carbocycles. The van der Waals surface area contributed by atoms with E-state index in [4.69, 9.17) is 9.57 Å². The van der Waals surface area contributed by atoms with E-state index in [1.165, 1.54) is 0 Å². The summed E-state index contributed by atoms with van der Waals surface area (Å²) in [5.74, 6) is 5.56. The Morgan fingerprint density at radius 3 is 3.21 bits per heavy atom. The van der Waals surface area contributed by atoms with E-state index in [1.54, 1.807) is 6.92 Å². The Bertz CT molecular complexity index is 247. The van der Waals surface area contributed by atoms with Gasteiger partial charge in [0.1, 0.15) is 12.3 Å². The molecule has 0 spiro atoms. The first kappa shape index (κ1) is 11.0. The third kappa shape index (κ3) is 4.26. The number of oxime groups is 1. The van der Waals surface area contributed by atoms with Crippen LogP contribution >= 0.6 is 0 Å². The van der Waals surface area contributed by atoms with E-state index in [-0.39, 0.29) is 6.04 Å². The highest BCUT2D eigenvalue weighted by molar-refractivity contribution is 5.97. The van der Waals surface area contributed by atoms with Crippen LogP contribution in [-0.4, -0.2) is 38.1 Å². The zero-order valence-electron chi connectivity index (χ0n) is 8.67. The molecule has 0 aliphatic carbocycles. The molecule has 1 heterocycles. The molecule has 4 nitrogen and oxygen atoms in total. The summed E-state index contributed by atoms with van der Waals surface area (Å²) in [5, 5.41) is 7.12. The Morgan fingerprint density at radius 1 is 1.71 bits per heavy atom. The molecular weight excluding hydrogens is 180 g/mol. The van der Waals surface area contributed by atoms with E-state index < -0.39 is 0 Å². The number of hydrogen-bond acceptors (Lipinski definition) is 4. The minimum atomic E-state index is 0.245. The van der Waals surface area contributed by atoms with Gasteiger partial charge in [-0.3, -0.25) is 0 Å². The predicted octanol–water partition coefficient (Wildman–Crippen LogP) is 0.391. The first-order chi connectivity index (χ1) is 6.83. The quantitative estimate of drug-likeness (QED) is 0.403. The van der Waals surface area contributed by atoms with Crippen molar-refractivity contribution in [3.05, 3.63) is 0 Å². The first-order valence-corrected chi connectivity index (χ1v) is 4.73. The van der Waals surface area contributed by atoms with Crippen LogP contribution in [0.4, 0.5) is 0 Å². The number of nitrogens with one attached hydrogen (secondary N) is 1. The molecule has 0 radical (unpaired) electrons. The molecule has 1 rings (SSSR count). The van der Waals surface area contributed by atoms with Gasteiger partial charge in [0.05, 0.1) is 19.3 Å². The highest BCUT2D eigenvalue weighted by atomic mass is 16.6. The summed E-state index contributed by atoms with van der Waals surface area (Å²) < 4.78 is 5.27. The summed E-state index contributed by atoms with van der Waals surface area (Å²) >= 11 is 0. The van der Waals surface area contributed by atoms with E-state index in [9.17, 15) is 0 Å². The number of hydrogen-bond donors (Lipinski definition) is 1. The smallest absolute Gasteiger partial charge is 0.134 e. The van der Waals surface area contributed by atoms with Gasteiger partial charge in [-0.2, -0.15) is 0 Å². The summed E-state index contributed by atoms with van der Waals surface area (Å²) in [6, 6.07) is 0.245. The predicted molar refractivity (Wildman–Crippen MR) is 55.1 cm³/mol. The molecule has 0 saturated carbocycles. The molecule has 1 atom stereocenters. The fraction of sp³-hybridized carbons (Fsp3) is 0.700. The summed E-state index contributed by atoms with van der Waals surface area (Å²) in [7, 11) is 0. The minimum Gasteiger partial charge on any atom is -0.393 e. The fourth-order valence-electron chi connectivity index (χ4n) is 1.15. The Hall–Kier alpha value is -1.05. The van der Waals surface area contributed by atoms with Crippen LogP contribution in [-0.2, 0) is 9.57 Å². The largest absolute Gasteiger partial charge is 0.393 e. The number of rotatable bonds is 3. The molecular formula is C10H16N2O2. The second-order valence-electron chi connectivity index (χ2n) is 3.07. The second-order valence-corrected chi connectivity index (χ2v) is 3.07. The van der Waals surface area contributed by atoms with Crippen molar-refractivity contribution < 1.29 is 9.57 Å². The average Bonchev–Trinajstić information content (AvgIpc) is 2.20. The van der Waals surface area contributed by atoms with Gasteiger partial charge < -0.3 is 14.9 Å². The highest BCUT2D eigenvalue weighted by Gasteiger charge is 2.12. The third-order valence-electron chi connectivity index (χ3n) is 1.78. The lowest BCUT2D eigenvalue weighted by atomic mass is 10.3.